The van der Waals surface area contributed by atoms with Gasteiger partial charge in [0.2, 0.25) is 0 Å². The molecule has 1 atom stereocenters. The first-order chi connectivity index (χ1) is 9.74. The van der Waals surface area contributed by atoms with E-state index in [1.807, 2.05) is 0 Å². The van der Waals surface area contributed by atoms with Crippen LogP contribution in [0.25, 0.3) is 6.08 Å². The Morgan fingerprint density at radius 2 is 2.25 bits per heavy atom. The van der Waals surface area contributed by atoms with Crippen molar-refractivity contribution in [2.75, 3.05) is 33.9 Å². The number of methoxy groups -OCH3 is 2. The van der Waals surface area contributed by atoms with Crippen LogP contribution in [-0.4, -0.2) is 40.0 Å². The highest BCUT2D eigenvalue weighted by Gasteiger charge is 2.20. The smallest absolute Gasteiger partial charge is 0.126 e. The largest absolute Gasteiger partial charge is 0.496 e. The second kappa shape index (κ2) is 7.31. The molecule has 1 N–H and O–H groups in total. The highest BCUT2D eigenvalue weighted by Crippen LogP contribution is 2.35. The summed E-state index contributed by atoms with van der Waals surface area (Å²) in [6.45, 7) is 4.47. The van der Waals surface area contributed by atoms with Gasteiger partial charge in [0.05, 0.1) is 13.7 Å². The molecule has 0 aromatic heterocycles. The van der Waals surface area contributed by atoms with Crippen LogP contribution in [0.3, 0.4) is 0 Å². The topological polar surface area (TPSA) is 39.7 Å². The van der Waals surface area contributed by atoms with E-state index >= 15 is 0 Å². The minimum Gasteiger partial charge on any atom is -0.496 e. The molecule has 0 amide bonds. The van der Waals surface area contributed by atoms with E-state index in [2.05, 4.69) is 36.5 Å². The molecule has 20 heavy (non-hydrogen) atoms. The highest BCUT2D eigenvalue weighted by molar-refractivity contribution is 5.62. The van der Waals surface area contributed by atoms with Gasteiger partial charge >= 0.3 is 0 Å². The van der Waals surface area contributed by atoms with Crippen LogP contribution < -0.4 is 14.8 Å². The first kappa shape index (κ1) is 14.9. The quantitative estimate of drug-likeness (QED) is 0.776. The monoisotopic (exact) mass is 277 g/mol. The van der Waals surface area contributed by atoms with Crippen LogP contribution in [-0.2, 0) is 11.2 Å². The summed E-state index contributed by atoms with van der Waals surface area (Å²) in [6.07, 6.45) is 5.35. The summed E-state index contributed by atoms with van der Waals surface area (Å²) in [4.78, 5) is 0. The normalized spacial score (nSPS) is 17.2. The van der Waals surface area contributed by atoms with Crippen molar-refractivity contribution in [3.8, 4) is 11.5 Å². The average Bonchev–Trinajstić information content (AvgIpc) is 2.80. The van der Waals surface area contributed by atoms with Gasteiger partial charge < -0.3 is 19.5 Å². The van der Waals surface area contributed by atoms with Crippen molar-refractivity contribution in [2.45, 2.75) is 19.4 Å². The fourth-order valence-corrected chi connectivity index (χ4v) is 2.31. The van der Waals surface area contributed by atoms with Gasteiger partial charge in [0.25, 0.3) is 0 Å². The van der Waals surface area contributed by atoms with Gasteiger partial charge in [-0.05, 0) is 19.1 Å². The summed E-state index contributed by atoms with van der Waals surface area (Å²) >= 11 is 0. The number of hydrogen-bond acceptors (Lipinski definition) is 4. The van der Waals surface area contributed by atoms with Crippen molar-refractivity contribution < 1.29 is 14.2 Å². The van der Waals surface area contributed by atoms with Crippen LogP contribution >= 0.6 is 0 Å². The Morgan fingerprint density at radius 3 is 3.00 bits per heavy atom. The van der Waals surface area contributed by atoms with E-state index < -0.39 is 0 Å². The maximum atomic E-state index is 5.78. The zero-order chi connectivity index (χ0) is 14.4. The standard InChI is InChI=1S/C16H23NO3/c1-12-9-14-11-15(19-3)13(10-16(14)20-12)5-4-6-17-7-8-18-2/h4-5,10-12,17H,6-9H2,1-3H3/b5-4+. The molecule has 1 heterocycles. The lowest BCUT2D eigenvalue weighted by molar-refractivity contribution is 0.200. The third-order valence-electron chi connectivity index (χ3n) is 3.29. The number of hydrogen-bond donors (Lipinski definition) is 1. The van der Waals surface area contributed by atoms with Gasteiger partial charge in [0.15, 0.2) is 0 Å². The Labute approximate surface area is 120 Å². The summed E-state index contributed by atoms with van der Waals surface area (Å²) in [6, 6.07) is 4.14. The van der Waals surface area contributed by atoms with Crippen LogP contribution in [0, 0.1) is 0 Å². The minimum atomic E-state index is 0.254. The summed E-state index contributed by atoms with van der Waals surface area (Å²) in [5.41, 5.74) is 2.28. The molecule has 0 fully saturated rings. The molecule has 1 unspecified atom stereocenters. The van der Waals surface area contributed by atoms with E-state index in [0.29, 0.717) is 0 Å². The molecule has 0 radical (unpaired) electrons. The minimum absolute atomic E-state index is 0.254. The third-order valence-corrected chi connectivity index (χ3v) is 3.29. The zero-order valence-corrected chi connectivity index (χ0v) is 12.4. The zero-order valence-electron chi connectivity index (χ0n) is 12.4. The Bertz CT molecular complexity index is 471. The van der Waals surface area contributed by atoms with Gasteiger partial charge in [-0.2, -0.15) is 0 Å². The number of rotatable bonds is 7. The molecule has 0 aliphatic carbocycles. The molecule has 0 bridgehead atoms. The maximum absolute atomic E-state index is 5.78. The number of fused-ring (bicyclic) bond motifs is 1. The summed E-state index contributed by atoms with van der Waals surface area (Å²) in [7, 11) is 3.41. The fourth-order valence-electron chi connectivity index (χ4n) is 2.31. The lowest BCUT2D eigenvalue weighted by atomic mass is 10.1. The van der Waals surface area contributed by atoms with Gasteiger partial charge in [0.1, 0.15) is 17.6 Å². The van der Waals surface area contributed by atoms with Gasteiger partial charge in [-0.3, -0.25) is 0 Å². The van der Waals surface area contributed by atoms with Crippen LogP contribution in [0.2, 0.25) is 0 Å². The third kappa shape index (κ3) is 3.74. The predicted octanol–water partition coefficient (Wildman–Crippen LogP) is 2.27. The summed E-state index contributed by atoms with van der Waals surface area (Å²) < 4.78 is 16.2. The van der Waals surface area contributed by atoms with Crippen molar-refractivity contribution in [1.82, 2.24) is 5.32 Å². The molecule has 4 nitrogen and oxygen atoms in total. The molecule has 1 aromatic carbocycles. The van der Waals surface area contributed by atoms with Crippen LogP contribution in [0.4, 0.5) is 0 Å². The van der Waals surface area contributed by atoms with E-state index in [1.165, 1.54) is 5.56 Å². The second-order valence-electron chi connectivity index (χ2n) is 4.93. The predicted molar refractivity (Wildman–Crippen MR) is 80.6 cm³/mol. The Kier molecular flexibility index (Phi) is 5.44. The van der Waals surface area contributed by atoms with E-state index in [0.717, 1.165) is 43.2 Å². The molecule has 1 aromatic rings. The van der Waals surface area contributed by atoms with Crippen molar-refractivity contribution in [1.29, 1.82) is 0 Å². The molecular formula is C16H23NO3. The second-order valence-corrected chi connectivity index (χ2v) is 4.93. The van der Waals surface area contributed by atoms with E-state index in [9.17, 15) is 0 Å². The van der Waals surface area contributed by atoms with Gasteiger partial charge in [-0.25, -0.2) is 0 Å². The Balaban J connectivity index is 2.00. The first-order valence-corrected chi connectivity index (χ1v) is 6.98. The van der Waals surface area contributed by atoms with Gasteiger partial charge in [-0.15, -0.1) is 0 Å². The molecule has 2 rings (SSSR count). The Morgan fingerprint density at radius 1 is 1.40 bits per heavy atom. The van der Waals surface area contributed by atoms with E-state index in [-0.39, 0.29) is 6.10 Å². The van der Waals surface area contributed by atoms with Gasteiger partial charge in [0, 0.05) is 37.7 Å². The van der Waals surface area contributed by atoms with Crippen LogP contribution in [0.1, 0.15) is 18.1 Å². The average molecular weight is 277 g/mol. The maximum Gasteiger partial charge on any atom is 0.126 e. The van der Waals surface area contributed by atoms with E-state index in [1.54, 1.807) is 14.2 Å². The molecule has 1 aliphatic heterocycles. The van der Waals surface area contributed by atoms with Crippen LogP contribution in [0.5, 0.6) is 11.5 Å². The molecule has 1 aliphatic rings. The molecule has 0 saturated carbocycles. The molecule has 0 saturated heterocycles. The molecular weight excluding hydrogens is 254 g/mol. The van der Waals surface area contributed by atoms with Crippen molar-refractivity contribution in [3.63, 3.8) is 0 Å². The fraction of sp³-hybridized carbons (Fsp3) is 0.500. The number of ether oxygens (including phenoxy) is 3. The molecule has 4 heteroatoms. The van der Waals surface area contributed by atoms with Crippen LogP contribution in [0.15, 0.2) is 18.2 Å². The molecule has 110 valence electrons. The molecule has 0 spiro atoms. The lowest BCUT2D eigenvalue weighted by Crippen LogP contribution is -2.18. The number of nitrogens with one attached hydrogen (secondary N) is 1. The summed E-state index contributed by atoms with van der Waals surface area (Å²) in [5, 5.41) is 3.27. The van der Waals surface area contributed by atoms with Gasteiger partial charge in [-0.1, -0.05) is 12.2 Å². The SMILES string of the molecule is COCCNC/C=C/c1cc2c(cc1OC)CC(C)O2. The Hall–Kier alpha value is -1.52. The van der Waals surface area contributed by atoms with Crippen molar-refractivity contribution in [2.24, 2.45) is 0 Å². The highest BCUT2D eigenvalue weighted by atomic mass is 16.5. The number of benzene rings is 1. The van der Waals surface area contributed by atoms with Crippen molar-refractivity contribution >= 4 is 6.08 Å². The first-order valence-electron chi connectivity index (χ1n) is 6.98. The lowest BCUT2D eigenvalue weighted by Gasteiger charge is -2.08. The van der Waals surface area contributed by atoms with E-state index in [4.69, 9.17) is 14.2 Å². The van der Waals surface area contributed by atoms with Crippen molar-refractivity contribution in [3.05, 3.63) is 29.3 Å². The summed E-state index contributed by atoms with van der Waals surface area (Å²) in [5.74, 6) is 1.87.